The van der Waals surface area contributed by atoms with Gasteiger partial charge in [-0.1, -0.05) is 48.6 Å². The normalized spacial score (nSPS) is 21.1. The maximum atomic E-state index is 13.3. The minimum Gasteiger partial charge on any atom is -0.246 e. The minimum absolute atomic E-state index is 0.397. The average molecular weight is 430 g/mol. The lowest BCUT2D eigenvalue weighted by atomic mass is 9.91. The molecular formula is C22H18N6O4. The van der Waals surface area contributed by atoms with E-state index in [0.29, 0.717) is 17.8 Å². The lowest BCUT2D eigenvalue weighted by Gasteiger charge is -2.39. The highest BCUT2D eigenvalue weighted by Crippen LogP contribution is 2.40. The number of nitrogens with zero attached hydrogens (tertiary/aromatic N) is 5. The molecule has 2 aromatic heterocycles. The Morgan fingerprint density at radius 3 is 1.94 bits per heavy atom. The zero-order chi connectivity index (χ0) is 22.0. The number of aromatic nitrogens is 6. The van der Waals surface area contributed by atoms with E-state index in [1.807, 2.05) is 18.2 Å². The predicted molar refractivity (Wildman–Crippen MR) is 116 cm³/mol. The SMILES string of the molecule is O=c1[nH]n([C@H]2C[C@H]3C=C[C@@H]2n2c(=O)n(-c4ccccc4)c(=O)n23)c(=O)n1-c1ccccc1. The maximum Gasteiger partial charge on any atom is 0.352 e. The molecule has 0 saturated carbocycles. The number of nitrogens with one attached hydrogen (secondary N) is 1. The van der Waals surface area contributed by atoms with E-state index in [-0.39, 0.29) is 0 Å². The zero-order valence-electron chi connectivity index (χ0n) is 16.7. The van der Waals surface area contributed by atoms with Crippen molar-refractivity contribution in [1.29, 1.82) is 0 Å². The molecule has 0 spiro atoms. The first-order chi connectivity index (χ1) is 15.6. The fourth-order valence-corrected chi connectivity index (χ4v) is 4.79. The average Bonchev–Trinajstić information content (AvgIpc) is 3.28. The van der Waals surface area contributed by atoms with Gasteiger partial charge in [0.15, 0.2) is 0 Å². The number of aromatic amines is 1. The number of allylic oxidation sites excluding steroid dienone is 2. The van der Waals surface area contributed by atoms with Gasteiger partial charge in [-0.3, -0.25) is 0 Å². The van der Waals surface area contributed by atoms with Gasteiger partial charge in [-0.2, -0.15) is 0 Å². The number of para-hydroxylation sites is 2. The van der Waals surface area contributed by atoms with Crippen molar-refractivity contribution in [3.05, 3.63) is 115 Å². The summed E-state index contributed by atoms with van der Waals surface area (Å²) in [6.45, 7) is 0. The number of rotatable bonds is 3. The molecule has 3 aliphatic rings. The van der Waals surface area contributed by atoms with E-state index >= 15 is 0 Å². The molecule has 0 amide bonds. The summed E-state index contributed by atoms with van der Waals surface area (Å²) in [6, 6.07) is 15.8. The Balaban J connectivity index is 1.51. The molecule has 2 bridgehead atoms. The minimum atomic E-state index is -0.592. The topological polar surface area (TPSA) is 109 Å². The third-order valence-corrected chi connectivity index (χ3v) is 6.19. The Morgan fingerprint density at radius 1 is 0.688 bits per heavy atom. The van der Waals surface area contributed by atoms with Gasteiger partial charge in [-0.15, -0.1) is 0 Å². The number of fused-ring (bicyclic) bond motifs is 1. The third-order valence-electron chi connectivity index (χ3n) is 6.19. The van der Waals surface area contributed by atoms with Crippen molar-refractivity contribution in [3.63, 3.8) is 0 Å². The molecular weight excluding hydrogens is 412 g/mol. The molecule has 1 aliphatic carbocycles. The highest BCUT2D eigenvalue weighted by molar-refractivity contribution is 5.32. The summed E-state index contributed by atoms with van der Waals surface area (Å²) in [6.07, 6.45) is 4.09. The van der Waals surface area contributed by atoms with Gasteiger partial charge in [-0.05, 0) is 30.7 Å². The van der Waals surface area contributed by atoms with Crippen LogP contribution < -0.4 is 22.8 Å². The number of hydrogen-bond donors (Lipinski definition) is 1. The summed E-state index contributed by atoms with van der Waals surface area (Å²) in [7, 11) is 0. The molecule has 0 unspecified atom stereocenters. The highest BCUT2D eigenvalue weighted by atomic mass is 16.2. The molecule has 3 atom stereocenters. The molecule has 1 N–H and O–H groups in total. The molecule has 0 saturated heterocycles. The van der Waals surface area contributed by atoms with Crippen LogP contribution in [-0.4, -0.2) is 28.3 Å². The highest BCUT2D eigenvalue weighted by Gasteiger charge is 2.42. The van der Waals surface area contributed by atoms with Gasteiger partial charge in [0.1, 0.15) is 0 Å². The lowest BCUT2D eigenvalue weighted by Crippen LogP contribution is -2.46. The molecule has 160 valence electrons. The van der Waals surface area contributed by atoms with Crippen LogP contribution in [0.3, 0.4) is 0 Å². The second-order valence-corrected chi connectivity index (χ2v) is 7.91. The first kappa shape index (κ1) is 18.4. The van der Waals surface area contributed by atoms with E-state index in [1.165, 1.54) is 14.0 Å². The van der Waals surface area contributed by atoms with Crippen molar-refractivity contribution in [2.24, 2.45) is 0 Å². The van der Waals surface area contributed by atoms with Crippen LogP contribution in [0.1, 0.15) is 24.5 Å². The molecule has 2 aromatic carbocycles. The lowest BCUT2D eigenvalue weighted by molar-refractivity contribution is 0.168. The van der Waals surface area contributed by atoms with Crippen molar-refractivity contribution in [3.8, 4) is 11.4 Å². The van der Waals surface area contributed by atoms with Crippen LogP contribution in [-0.2, 0) is 0 Å². The third kappa shape index (κ3) is 2.40. The largest absolute Gasteiger partial charge is 0.352 e. The second kappa shape index (κ2) is 6.58. The Morgan fingerprint density at radius 2 is 1.28 bits per heavy atom. The van der Waals surface area contributed by atoms with Gasteiger partial charge in [-0.25, -0.2) is 47.5 Å². The molecule has 7 rings (SSSR count). The van der Waals surface area contributed by atoms with Crippen LogP contribution in [0, 0.1) is 0 Å². The fraction of sp³-hybridized carbons (Fsp3) is 0.182. The van der Waals surface area contributed by atoms with Crippen molar-refractivity contribution in [2.45, 2.75) is 24.5 Å². The molecule has 10 nitrogen and oxygen atoms in total. The van der Waals surface area contributed by atoms with Crippen LogP contribution in [0.25, 0.3) is 11.4 Å². The van der Waals surface area contributed by atoms with E-state index in [1.54, 1.807) is 54.6 Å². The summed E-state index contributed by atoms with van der Waals surface area (Å²) in [5, 5.41) is 2.64. The van der Waals surface area contributed by atoms with Crippen molar-refractivity contribution >= 4 is 0 Å². The standard InChI is InChI=1S/C22H18N6O4/c29-19-23-26(20(30)24(19)14-7-3-1-4-8-14)18-13-16-11-12-17(18)28-22(32)25(21(31)27(16)28)15-9-5-2-6-10-15/h1-12,16-18H,13H2,(H,23,29)/t16-,17+,18+/m1/s1. The quantitative estimate of drug-likeness (QED) is 0.484. The zero-order valence-corrected chi connectivity index (χ0v) is 16.7. The summed E-state index contributed by atoms with van der Waals surface area (Å²) in [5.41, 5.74) is -1.05. The van der Waals surface area contributed by atoms with Gasteiger partial charge in [0, 0.05) is 0 Å². The molecule has 4 heterocycles. The summed E-state index contributed by atoms with van der Waals surface area (Å²) in [4.78, 5) is 52.2. The first-order valence-corrected chi connectivity index (χ1v) is 10.2. The van der Waals surface area contributed by atoms with Crippen LogP contribution in [0.2, 0.25) is 0 Å². The van der Waals surface area contributed by atoms with E-state index in [9.17, 15) is 19.2 Å². The summed E-state index contributed by atoms with van der Waals surface area (Å²) >= 11 is 0. The second-order valence-electron chi connectivity index (χ2n) is 7.91. The summed E-state index contributed by atoms with van der Waals surface area (Å²) < 4.78 is 6.30. The van der Waals surface area contributed by atoms with Gasteiger partial charge >= 0.3 is 22.8 Å². The number of H-pyrrole nitrogens is 1. The Kier molecular flexibility index (Phi) is 3.79. The molecule has 32 heavy (non-hydrogen) atoms. The van der Waals surface area contributed by atoms with Crippen LogP contribution >= 0.6 is 0 Å². The molecule has 2 aliphatic heterocycles. The van der Waals surface area contributed by atoms with Crippen LogP contribution in [0.15, 0.2) is 92.0 Å². The fourth-order valence-electron chi connectivity index (χ4n) is 4.79. The molecule has 0 fully saturated rings. The van der Waals surface area contributed by atoms with Gasteiger partial charge in [0.05, 0.1) is 29.5 Å². The monoisotopic (exact) mass is 430 g/mol. The van der Waals surface area contributed by atoms with Gasteiger partial charge < -0.3 is 0 Å². The molecule has 10 heteroatoms. The smallest absolute Gasteiger partial charge is 0.246 e. The predicted octanol–water partition coefficient (Wildman–Crippen LogP) is 0.738. The Hall–Kier alpha value is -4.34. The van der Waals surface area contributed by atoms with Gasteiger partial charge in [0.2, 0.25) is 0 Å². The van der Waals surface area contributed by atoms with Crippen LogP contribution in [0.5, 0.6) is 0 Å². The van der Waals surface area contributed by atoms with Gasteiger partial charge in [0.25, 0.3) is 0 Å². The van der Waals surface area contributed by atoms with Crippen molar-refractivity contribution in [1.82, 2.24) is 28.3 Å². The maximum absolute atomic E-state index is 13.3. The van der Waals surface area contributed by atoms with Crippen LogP contribution in [0.4, 0.5) is 0 Å². The molecule has 0 radical (unpaired) electrons. The summed E-state index contributed by atoms with van der Waals surface area (Å²) in [5.74, 6) is 0. The number of benzene rings is 2. The van der Waals surface area contributed by atoms with Crippen molar-refractivity contribution in [2.75, 3.05) is 0 Å². The Labute approximate surface area is 179 Å². The van der Waals surface area contributed by atoms with E-state index in [4.69, 9.17) is 0 Å². The molecule has 4 aromatic rings. The van der Waals surface area contributed by atoms with Crippen molar-refractivity contribution < 1.29 is 0 Å². The van der Waals surface area contributed by atoms with E-state index < -0.39 is 40.9 Å². The van der Waals surface area contributed by atoms with E-state index in [2.05, 4.69) is 5.10 Å². The van der Waals surface area contributed by atoms with E-state index in [0.717, 1.165) is 9.13 Å². The number of hydrogen-bond acceptors (Lipinski definition) is 4. The Bertz CT molecular complexity index is 1600. The first-order valence-electron chi connectivity index (χ1n) is 10.2.